The number of piperazine rings is 1. The van der Waals surface area contributed by atoms with Crippen molar-refractivity contribution in [1.29, 1.82) is 0 Å². The Hall–Kier alpha value is -3.31. The van der Waals surface area contributed by atoms with Crippen LogP contribution >= 0.6 is 0 Å². The lowest BCUT2D eigenvalue weighted by molar-refractivity contribution is 0.0950. The lowest BCUT2D eigenvalue weighted by Gasteiger charge is -2.36. The first-order valence-electron chi connectivity index (χ1n) is 11.2. The van der Waals surface area contributed by atoms with E-state index in [4.69, 9.17) is 0 Å². The fraction of sp³-hybridized carbons (Fsp3) is 0.296. The topological polar surface area (TPSA) is 38.8 Å². The zero-order chi connectivity index (χ0) is 22.3. The minimum Gasteiger partial charge on any atom is -0.378 e. The molecule has 166 valence electrons. The Kier molecular flexibility index (Phi) is 7.07. The first kappa shape index (κ1) is 21.9. The summed E-state index contributed by atoms with van der Waals surface area (Å²) >= 11 is 0. The second-order valence-corrected chi connectivity index (χ2v) is 8.49. The Balaban J connectivity index is 1.32. The lowest BCUT2D eigenvalue weighted by atomic mass is 10.1. The highest BCUT2D eigenvalue weighted by atomic mass is 16.1. The summed E-state index contributed by atoms with van der Waals surface area (Å²) in [4.78, 5) is 19.6. The minimum absolute atomic E-state index is 0.0402. The summed E-state index contributed by atoms with van der Waals surface area (Å²) in [5.74, 6) is -0.0402. The fourth-order valence-electron chi connectivity index (χ4n) is 4.12. The van der Waals surface area contributed by atoms with Gasteiger partial charge in [-0.25, -0.2) is 0 Å². The number of anilines is 2. The van der Waals surface area contributed by atoms with Gasteiger partial charge in [-0.2, -0.15) is 0 Å². The van der Waals surface area contributed by atoms with E-state index in [2.05, 4.69) is 63.6 Å². The molecule has 3 aromatic carbocycles. The molecule has 1 saturated heterocycles. The van der Waals surface area contributed by atoms with Crippen molar-refractivity contribution in [2.24, 2.45) is 0 Å². The summed E-state index contributed by atoms with van der Waals surface area (Å²) in [6.45, 7) is 5.58. The van der Waals surface area contributed by atoms with Gasteiger partial charge in [-0.15, -0.1) is 0 Å². The van der Waals surface area contributed by atoms with Gasteiger partial charge in [0.25, 0.3) is 5.91 Å². The highest BCUT2D eigenvalue weighted by Crippen LogP contribution is 2.18. The molecule has 5 nitrogen and oxygen atoms in total. The second-order valence-electron chi connectivity index (χ2n) is 8.49. The molecule has 1 amide bonds. The number of hydrogen-bond acceptors (Lipinski definition) is 4. The van der Waals surface area contributed by atoms with Crippen LogP contribution in [-0.4, -0.2) is 51.1 Å². The summed E-state index contributed by atoms with van der Waals surface area (Å²) in [5, 5.41) is 3.09. The van der Waals surface area contributed by atoms with E-state index in [0.717, 1.165) is 38.4 Å². The molecule has 0 atom stereocenters. The summed E-state index contributed by atoms with van der Waals surface area (Å²) in [6, 6.07) is 26.7. The van der Waals surface area contributed by atoms with Crippen LogP contribution in [0.5, 0.6) is 0 Å². The Morgan fingerprint density at radius 2 is 1.44 bits per heavy atom. The number of hydrogen-bond donors (Lipinski definition) is 1. The number of carbonyl (C=O) groups is 1. The van der Waals surface area contributed by atoms with Crippen LogP contribution in [0.4, 0.5) is 11.4 Å². The third kappa shape index (κ3) is 5.48. The van der Waals surface area contributed by atoms with Crippen LogP contribution in [-0.2, 0) is 13.1 Å². The number of nitrogens with zero attached hydrogens (tertiary/aromatic N) is 3. The molecule has 1 aliphatic heterocycles. The van der Waals surface area contributed by atoms with Crippen LogP contribution in [0.2, 0.25) is 0 Å². The Morgan fingerprint density at radius 1 is 0.812 bits per heavy atom. The van der Waals surface area contributed by atoms with Gasteiger partial charge in [-0.1, -0.05) is 42.5 Å². The molecule has 4 rings (SSSR count). The predicted octanol–water partition coefficient (Wildman–Crippen LogP) is 4.00. The van der Waals surface area contributed by atoms with Gasteiger partial charge in [0.1, 0.15) is 0 Å². The van der Waals surface area contributed by atoms with E-state index in [1.54, 1.807) is 0 Å². The lowest BCUT2D eigenvalue weighted by Crippen LogP contribution is -2.46. The minimum atomic E-state index is -0.0402. The maximum absolute atomic E-state index is 12.6. The van der Waals surface area contributed by atoms with Crippen molar-refractivity contribution in [3.8, 4) is 0 Å². The number of amides is 1. The van der Waals surface area contributed by atoms with Crippen molar-refractivity contribution in [1.82, 2.24) is 10.2 Å². The average Bonchev–Trinajstić information content (AvgIpc) is 2.84. The van der Waals surface area contributed by atoms with Gasteiger partial charge >= 0.3 is 0 Å². The molecule has 32 heavy (non-hydrogen) atoms. The standard InChI is InChI=1S/C27H32N4O/c1-29(2)25-14-12-22(13-15-25)27(32)28-20-23-8-6-7-9-24(23)21-30-16-18-31(19-17-30)26-10-4-3-5-11-26/h3-15H,16-21H2,1-2H3,(H,28,32). The van der Waals surface area contributed by atoms with E-state index in [-0.39, 0.29) is 5.91 Å². The van der Waals surface area contributed by atoms with Crippen LogP contribution in [0.25, 0.3) is 0 Å². The molecule has 5 heteroatoms. The van der Waals surface area contributed by atoms with E-state index in [9.17, 15) is 4.79 Å². The normalized spacial score (nSPS) is 14.2. The first-order valence-corrected chi connectivity index (χ1v) is 11.2. The van der Waals surface area contributed by atoms with E-state index >= 15 is 0 Å². The van der Waals surface area contributed by atoms with Gasteiger partial charge in [0, 0.05) is 70.3 Å². The van der Waals surface area contributed by atoms with E-state index in [1.165, 1.54) is 16.8 Å². The molecule has 0 bridgehead atoms. The molecule has 3 aromatic rings. The maximum atomic E-state index is 12.6. The molecule has 1 fully saturated rings. The first-order chi connectivity index (χ1) is 15.6. The van der Waals surface area contributed by atoms with Crippen molar-refractivity contribution in [2.75, 3.05) is 50.1 Å². The highest BCUT2D eigenvalue weighted by Gasteiger charge is 2.18. The van der Waals surface area contributed by atoms with Crippen molar-refractivity contribution in [3.63, 3.8) is 0 Å². The van der Waals surface area contributed by atoms with Crippen LogP contribution in [0.15, 0.2) is 78.9 Å². The van der Waals surface area contributed by atoms with Gasteiger partial charge in [0.15, 0.2) is 0 Å². The molecule has 0 aromatic heterocycles. The van der Waals surface area contributed by atoms with Crippen molar-refractivity contribution < 1.29 is 4.79 Å². The van der Waals surface area contributed by atoms with E-state index < -0.39 is 0 Å². The number of para-hydroxylation sites is 1. The Bertz CT molecular complexity index is 1010. The number of nitrogens with one attached hydrogen (secondary N) is 1. The zero-order valence-electron chi connectivity index (χ0n) is 19.0. The predicted molar refractivity (Wildman–Crippen MR) is 132 cm³/mol. The monoisotopic (exact) mass is 428 g/mol. The average molecular weight is 429 g/mol. The molecule has 1 aliphatic rings. The molecular formula is C27H32N4O. The molecule has 0 radical (unpaired) electrons. The fourth-order valence-corrected chi connectivity index (χ4v) is 4.12. The summed E-state index contributed by atoms with van der Waals surface area (Å²) < 4.78 is 0. The molecule has 0 spiro atoms. The van der Waals surface area contributed by atoms with Gasteiger partial charge in [0.05, 0.1) is 0 Å². The van der Waals surface area contributed by atoms with Crippen molar-refractivity contribution in [2.45, 2.75) is 13.1 Å². The van der Waals surface area contributed by atoms with E-state index in [0.29, 0.717) is 12.1 Å². The van der Waals surface area contributed by atoms with Crippen LogP contribution in [0.3, 0.4) is 0 Å². The smallest absolute Gasteiger partial charge is 0.251 e. The van der Waals surface area contributed by atoms with Crippen molar-refractivity contribution >= 4 is 17.3 Å². The molecule has 0 aliphatic carbocycles. The Morgan fingerprint density at radius 3 is 2.09 bits per heavy atom. The summed E-state index contributed by atoms with van der Waals surface area (Å²) in [5.41, 5.74) is 5.53. The molecule has 0 unspecified atom stereocenters. The zero-order valence-corrected chi connectivity index (χ0v) is 19.0. The van der Waals surface area contributed by atoms with Gasteiger partial charge < -0.3 is 15.1 Å². The van der Waals surface area contributed by atoms with Gasteiger partial charge in [-0.3, -0.25) is 9.69 Å². The van der Waals surface area contributed by atoms with Gasteiger partial charge in [0.2, 0.25) is 0 Å². The van der Waals surface area contributed by atoms with Crippen LogP contribution < -0.4 is 15.1 Å². The maximum Gasteiger partial charge on any atom is 0.251 e. The quantitative estimate of drug-likeness (QED) is 0.617. The molecular weight excluding hydrogens is 396 g/mol. The van der Waals surface area contributed by atoms with Crippen LogP contribution in [0.1, 0.15) is 21.5 Å². The summed E-state index contributed by atoms with van der Waals surface area (Å²) in [7, 11) is 3.99. The largest absolute Gasteiger partial charge is 0.378 e. The Labute approximate surface area is 191 Å². The number of rotatable bonds is 7. The molecule has 1 heterocycles. The van der Waals surface area contributed by atoms with Gasteiger partial charge in [-0.05, 0) is 47.5 Å². The van der Waals surface area contributed by atoms with Crippen molar-refractivity contribution in [3.05, 3.63) is 95.6 Å². The van der Waals surface area contributed by atoms with Crippen LogP contribution in [0, 0.1) is 0 Å². The molecule has 1 N–H and O–H groups in total. The number of benzene rings is 3. The SMILES string of the molecule is CN(C)c1ccc(C(=O)NCc2ccccc2CN2CCN(c3ccccc3)CC2)cc1. The second kappa shape index (κ2) is 10.3. The summed E-state index contributed by atoms with van der Waals surface area (Å²) in [6.07, 6.45) is 0. The van der Waals surface area contributed by atoms with E-state index in [1.807, 2.05) is 49.3 Å². The third-order valence-electron chi connectivity index (χ3n) is 6.09. The highest BCUT2D eigenvalue weighted by molar-refractivity contribution is 5.94. The number of carbonyl (C=O) groups excluding carboxylic acids is 1. The third-order valence-corrected chi connectivity index (χ3v) is 6.09. The molecule has 0 saturated carbocycles.